The third-order valence-corrected chi connectivity index (χ3v) is 3.54. The topological polar surface area (TPSA) is 97.7 Å². The first kappa shape index (κ1) is 14.1. The summed E-state index contributed by atoms with van der Waals surface area (Å²) < 4.78 is 0. The number of hydrogen-bond donors (Lipinski definition) is 1. The number of carbonyl (C=O) groups excluding carboxylic acids is 3. The van der Waals surface area contributed by atoms with E-state index in [0.717, 1.165) is 4.90 Å². The van der Waals surface area contributed by atoms with Gasteiger partial charge in [-0.3, -0.25) is 14.5 Å². The molecule has 1 saturated heterocycles. The fourth-order valence-electron chi connectivity index (χ4n) is 1.65. The highest BCUT2D eigenvalue weighted by atomic mass is 32.2. The average Bonchev–Trinajstić information content (AvgIpc) is 2.65. The molecule has 104 valence electrons. The van der Waals surface area contributed by atoms with Crippen molar-refractivity contribution >= 4 is 35.0 Å². The number of rotatable bonds is 4. The summed E-state index contributed by atoms with van der Waals surface area (Å²) in [5.74, 6) is -1.90. The molecule has 6 nitrogen and oxygen atoms in total. The van der Waals surface area contributed by atoms with Gasteiger partial charge in [0.25, 0.3) is 11.1 Å². The minimum Gasteiger partial charge on any atom is -0.550 e. The number of aliphatic carboxylic acids is 1. The zero-order valence-corrected chi connectivity index (χ0v) is 11.1. The lowest BCUT2D eigenvalue weighted by Gasteiger charge is -2.12. The van der Waals surface area contributed by atoms with E-state index in [9.17, 15) is 24.6 Å². The van der Waals surface area contributed by atoms with Crippen LogP contribution in [0.1, 0.15) is 12.0 Å². The SMILES string of the molecule is O=C([O-])CCN1C(=O)S/C(=C/c2ccccc2O)C1=O. The predicted octanol–water partition coefficient (Wildman–Crippen LogP) is 0.569. The van der Waals surface area contributed by atoms with Crippen LogP contribution in [-0.4, -0.2) is 33.7 Å². The summed E-state index contributed by atoms with van der Waals surface area (Å²) in [4.78, 5) is 35.0. The van der Waals surface area contributed by atoms with Gasteiger partial charge in [0, 0.05) is 24.5 Å². The number of carbonyl (C=O) groups is 3. The number of amides is 2. The van der Waals surface area contributed by atoms with E-state index in [1.807, 2.05) is 0 Å². The minimum absolute atomic E-state index is 0.00552. The second-order valence-electron chi connectivity index (χ2n) is 4.01. The molecule has 2 amide bonds. The number of hydrogen-bond acceptors (Lipinski definition) is 6. The fraction of sp³-hybridized carbons (Fsp3) is 0.154. The van der Waals surface area contributed by atoms with Gasteiger partial charge in [-0.25, -0.2) is 0 Å². The zero-order chi connectivity index (χ0) is 14.7. The zero-order valence-electron chi connectivity index (χ0n) is 10.2. The van der Waals surface area contributed by atoms with E-state index >= 15 is 0 Å². The monoisotopic (exact) mass is 292 g/mol. The fourth-order valence-corrected chi connectivity index (χ4v) is 2.50. The Morgan fingerprint density at radius 2 is 2.05 bits per heavy atom. The molecule has 0 atom stereocenters. The van der Waals surface area contributed by atoms with Gasteiger partial charge in [0.1, 0.15) is 5.75 Å². The summed E-state index contributed by atoms with van der Waals surface area (Å²) in [7, 11) is 0. The van der Waals surface area contributed by atoms with Crippen LogP contribution in [0.3, 0.4) is 0 Å². The number of imide groups is 1. The Bertz CT molecular complexity index is 611. The van der Waals surface area contributed by atoms with Gasteiger partial charge in [-0.1, -0.05) is 18.2 Å². The number of phenolic OH excluding ortho intramolecular Hbond substituents is 1. The van der Waals surface area contributed by atoms with Crippen molar-refractivity contribution in [3.8, 4) is 5.75 Å². The van der Waals surface area contributed by atoms with E-state index in [4.69, 9.17) is 0 Å². The summed E-state index contributed by atoms with van der Waals surface area (Å²) in [6, 6.07) is 6.39. The molecule has 7 heteroatoms. The smallest absolute Gasteiger partial charge is 0.293 e. The van der Waals surface area contributed by atoms with Gasteiger partial charge in [-0.05, 0) is 23.9 Å². The summed E-state index contributed by atoms with van der Waals surface area (Å²) >= 11 is 0.711. The van der Waals surface area contributed by atoms with E-state index < -0.39 is 23.5 Å². The molecule has 0 radical (unpaired) electrons. The van der Waals surface area contributed by atoms with E-state index in [1.54, 1.807) is 18.2 Å². The van der Waals surface area contributed by atoms with Gasteiger partial charge >= 0.3 is 0 Å². The Morgan fingerprint density at radius 1 is 1.35 bits per heavy atom. The Hall–Kier alpha value is -2.28. The number of para-hydroxylation sites is 1. The van der Waals surface area contributed by atoms with Crippen LogP contribution >= 0.6 is 11.8 Å². The van der Waals surface area contributed by atoms with Crippen molar-refractivity contribution in [2.75, 3.05) is 6.54 Å². The molecule has 0 spiro atoms. The van der Waals surface area contributed by atoms with Crippen molar-refractivity contribution in [1.29, 1.82) is 0 Å². The van der Waals surface area contributed by atoms with E-state index in [2.05, 4.69) is 0 Å². The van der Waals surface area contributed by atoms with Gasteiger partial charge in [-0.2, -0.15) is 0 Å². The summed E-state index contributed by atoms with van der Waals surface area (Å²) in [5, 5.41) is 19.5. The van der Waals surface area contributed by atoms with Gasteiger partial charge in [0.2, 0.25) is 0 Å². The third-order valence-electron chi connectivity index (χ3n) is 2.64. The molecule has 1 aliphatic heterocycles. The molecular weight excluding hydrogens is 282 g/mol. The average molecular weight is 292 g/mol. The number of carboxylic acid groups (broad SMARTS) is 1. The number of thioether (sulfide) groups is 1. The van der Waals surface area contributed by atoms with Crippen molar-refractivity contribution in [2.24, 2.45) is 0 Å². The van der Waals surface area contributed by atoms with Crippen LogP contribution < -0.4 is 5.11 Å². The molecule has 1 heterocycles. The van der Waals surface area contributed by atoms with E-state index in [0.29, 0.717) is 17.3 Å². The summed E-state index contributed by atoms with van der Waals surface area (Å²) in [5.41, 5.74) is 0.415. The van der Waals surface area contributed by atoms with Crippen LogP contribution in [0, 0.1) is 0 Å². The molecule has 1 aromatic rings. The van der Waals surface area contributed by atoms with Crippen LogP contribution in [-0.2, 0) is 9.59 Å². The van der Waals surface area contributed by atoms with Crippen molar-refractivity contribution < 1.29 is 24.6 Å². The Kier molecular flexibility index (Phi) is 4.09. The van der Waals surface area contributed by atoms with Crippen molar-refractivity contribution in [2.45, 2.75) is 6.42 Å². The summed E-state index contributed by atoms with van der Waals surface area (Å²) in [6.07, 6.45) is 1.00. The predicted molar refractivity (Wildman–Crippen MR) is 70.4 cm³/mol. The van der Waals surface area contributed by atoms with Crippen LogP contribution in [0.2, 0.25) is 0 Å². The highest BCUT2D eigenvalue weighted by Crippen LogP contribution is 2.33. The molecular formula is C13H10NO5S-. The molecule has 0 aromatic heterocycles. The Morgan fingerprint density at radius 3 is 2.70 bits per heavy atom. The Labute approximate surface area is 118 Å². The number of benzene rings is 1. The molecule has 2 rings (SSSR count). The largest absolute Gasteiger partial charge is 0.550 e. The van der Waals surface area contributed by atoms with Gasteiger partial charge in [0.15, 0.2) is 0 Å². The minimum atomic E-state index is -1.33. The molecule has 1 aliphatic rings. The molecule has 0 saturated carbocycles. The van der Waals surface area contributed by atoms with Gasteiger partial charge in [0.05, 0.1) is 4.91 Å². The van der Waals surface area contributed by atoms with Crippen LogP contribution in [0.5, 0.6) is 5.75 Å². The summed E-state index contributed by atoms with van der Waals surface area (Å²) in [6.45, 7) is -0.217. The van der Waals surface area contributed by atoms with Crippen LogP contribution in [0.4, 0.5) is 4.79 Å². The maximum absolute atomic E-state index is 12.0. The first-order chi connectivity index (χ1) is 9.49. The standard InChI is InChI=1S/C13H11NO5S/c15-9-4-2-1-3-8(9)7-10-12(18)14(13(19)20-10)6-5-11(16)17/h1-4,7,15H,5-6H2,(H,16,17)/p-1/b10-7+. The van der Waals surface area contributed by atoms with Crippen LogP contribution in [0.15, 0.2) is 29.2 Å². The maximum Gasteiger partial charge on any atom is 0.293 e. The third kappa shape index (κ3) is 3.00. The highest BCUT2D eigenvalue weighted by molar-refractivity contribution is 8.18. The van der Waals surface area contributed by atoms with E-state index in [1.165, 1.54) is 12.1 Å². The second-order valence-corrected chi connectivity index (χ2v) is 5.01. The molecule has 0 aliphatic carbocycles. The molecule has 20 heavy (non-hydrogen) atoms. The molecule has 1 N–H and O–H groups in total. The molecule has 0 bridgehead atoms. The Balaban J connectivity index is 2.19. The molecule has 0 unspecified atom stereocenters. The first-order valence-corrected chi connectivity index (χ1v) is 6.54. The maximum atomic E-state index is 12.0. The van der Waals surface area contributed by atoms with Gasteiger partial charge < -0.3 is 15.0 Å². The first-order valence-electron chi connectivity index (χ1n) is 5.72. The lowest BCUT2D eigenvalue weighted by Crippen LogP contribution is -2.33. The van der Waals surface area contributed by atoms with E-state index in [-0.39, 0.29) is 17.2 Å². The van der Waals surface area contributed by atoms with Crippen molar-refractivity contribution in [1.82, 2.24) is 4.90 Å². The lowest BCUT2D eigenvalue weighted by atomic mass is 10.2. The molecule has 1 fully saturated rings. The molecule has 1 aromatic carbocycles. The highest BCUT2D eigenvalue weighted by Gasteiger charge is 2.34. The normalized spacial score (nSPS) is 17.0. The number of carboxylic acids is 1. The number of nitrogens with zero attached hydrogens (tertiary/aromatic N) is 1. The quantitative estimate of drug-likeness (QED) is 0.815. The van der Waals surface area contributed by atoms with Crippen LogP contribution in [0.25, 0.3) is 6.08 Å². The second kappa shape index (κ2) is 5.79. The lowest BCUT2D eigenvalue weighted by molar-refractivity contribution is -0.305. The van der Waals surface area contributed by atoms with Crippen molar-refractivity contribution in [3.05, 3.63) is 34.7 Å². The van der Waals surface area contributed by atoms with Crippen molar-refractivity contribution in [3.63, 3.8) is 0 Å². The number of aromatic hydroxyl groups is 1. The van der Waals surface area contributed by atoms with Gasteiger partial charge in [-0.15, -0.1) is 0 Å². The number of phenols is 1.